The maximum absolute atomic E-state index is 13.8. The van der Waals surface area contributed by atoms with E-state index in [1.54, 1.807) is 41.8 Å². The summed E-state index contributed by atoms with van der Waals surface area (Å²) >= 11 is 1.64. The molecule has 1 aromatic carbocycles. The van der Waals surface area contributed by atoms with Gasteiger partial charge >= 0.3 is 0 Å². The molecule has 0 fully saturated rings. The van der Waals surface area contributed by atoms with Gasteiger partial charge in [0.15, 0.2) is 11.6 Å². The zero-order valence-corrected chi connectivity index (χ0v) is 12.2. The smallest absolute Gasteiger partial charge is 0.165 e. The molecule has 3 nitrogen and oxygen atoms in total. The lowest BCUT2D eigenvalue weighted by molar-refractivity contribution is 0.446. The Hall–Kier alpha value is -2.66. The van der Waals surface area contributed by atoms with Gasteiger partial charge in [-0.2, -0.15) is 0 Å². The van der Waals surface area contributed by atoms with Crippen molar-refractivity contribution in [3.63, 3.8) is 0 Å². The number of hydrogen-bond acceptors (Lipinski definition) is 3. The second-order valence-corrected chi connectivity index (χ2v) is 5.71. The van der Waals surface area contributed by atoms with Crippen molar-refractivity contribution in [3.05, 3.63) is 65.9 Å². The van der Waals surface area contributed by atoms with Gasteiger partial charge in [0.2, 0.25) is 0 Å². The highest BCUT2D eigenvalue weighted by molar-refractivity contribution is 7.13. The molecule has 5 heteroatoms. The van der Waals surface area contributed by atoms with E-state index in [0.717, 1.165) is 21.6 Å². The molecule has 3 aromatic heterocycles. The number of halogens is 1. The van der Waals surface area contributed by atoms with Crippen molar-refractivity contribution in [1.29, 1.82) is 0 Å². The first-order valence-electron chi connectivity index (χ1n) is 6.75. The fraction of sp³-hybridized carbons (Fsp3) is 0. The van der Waals surface area contributed by atoms with Crippen LogP contribution in [-0.2, 0) is 0 Å². The molecule has 4 aromatic rings. The molecule has 3 heterocycles. The fourth-order valence-corrected chi connectivity index (χ4v) is 3.00. The minimum absolute atomic E-state index is 0.203. The summed E-state index contributed by atoms with van der Waals surface area (Å²) in [6, 6.07) is 14.1. The van der Waals surface area contributed by atoms with Gasteiger partial charge in [-0.25, -0.2) is 9.37 Å². The largest absolute Gasteiger partial charge is 0.453 e. The van der Waals surface area contributed by atoms with Crippen LogP contribution in [-0.4, -0.2) is 9.97 Å². The second kappa shape index (κ2) is 5.27. The van der Waals surface area contributed by atoms with Crippen molar-refractivity contribution in [1.82, 2.24) is 9.97 Å². The first-order valence-corrected chi connectivity index (χ1v) is 7.63. The zero-order chi connectivity index (χ0) is 14.9. The van der Waals surface area contributed by atoms with Gasteiger partial charge in [0.05, 0.1) is 16.0 Å². The van der Waals surface area contributed by atoms with Crippen LogP contribution in [0.5, 0.6) is 11.5 Å². The van der Waals surface area contributed by atoms with Gasteiger partial charge in [0.1, 0.15) is 11.4 Å². The number of aromatic nitrogens is 2. The molecule has 1 N–H and O–H groups in total. The highest BCUT2D eigenvalue weighted by Crippen LogP contribution is 2.34. The van der Waals surface area contributed by atoms with Crippen molar-refractivity contribution in [3.8, 4) is 22.1 Å². The van der Waals surface area contributed by atoms with Gasteiger partial charge in [-0.05, 0) is 35.7 Å². The standard InChI is InChI=1S/C17H11FN2OS/c18-12-4-1-2-5-15(12)21-14-7-8-19-17-11(14)10-13(20-17)16-6-3-9-22-16/h1-10H,(H,19,20). The Labute approximate surface area is 130 Å². The molecule has 0 aliphatic heterocycles. The first kappa shape index (κ1) is 13.0. The Morgan fingerprint density at radius 2 is 1.95 bits per heavy atom. The molecular weight excluding hydrogens is 299 g/mol. The SMILES string of the molecule is Fc1ccccc1Oc1ccnc2[nH]c(-c3cccs3)cc12. The van der Waals surface area contributed by atoms with Gasteiger partial charge in [0.25, 0.3) is 0 Å². The van der Waals surface area contributed by atoms with Crippen LogP contribution in [0.15, 0.2) is 60.1 Å². The molecule has 0 aliphatic carbocycles. The number of pyridine rings is 1. The number of para-hydroxylation sites is 1. The lowest BCUT2D eigenvalue weighted by Gasteiger charge is -2.06. The maximum atomic E-state index is 13.8. The topological polar surface area (TPSA) is 37.9 Å². The van der Waals surface area contributed by atoms with Gasteiger partial charge in [-0.15, -0.1) is 11.3 Å². The van der Waals surface area contributed by atoms with E-state index in [1.807, 2.05) is 23.6 Å². The van der Waals surface area contributed by atoms with Crippen molar-refractivity contribution < 1.29 is 9.13 Å². The number of nitrogens with zero attached hydrogens (tertiary/aromatic N) is 1. The zero-order valence-electron chi connectivity index (χ0n) is 11.4. The maximum Gasteiger partial charge on any atom is 0.165 e. The number of fused-ring (bicyclic) bond motifs is 1. The quantitative estimate of drug-likeness (QED) is 0.563. The molecule has 4 rings (SSSR count). The fourth-order valence-electron chi connectivity index (χ4n) is 2.30. The Kier molecular flexibility index (Phi) is 3.12. The summed E-state index contributed by atoms with van der Waals surface area (Å²) in [5.74, 6) is 0.393. The molecule has 0 amide bonds. The highest BCUT2D eigenvalue weighted by atomic mass is 32.1. The Morgan fingerprint density at radius 3 is 2.77 bits per heavy atom. The van der Waals surface area contributed by atoms with Crippen LogP contribution in [0, 0.1) is 5.82 Å². The summed E-state index contributed by atoms with van der Waals surface area (Å²) < 4.78 is 19.5. The van der Waals surface area contributed by atoms with Crippen LogP contribution in [0.2, 0.25) is 0 Å². The van der Waals surface area contributed by atoms with Crippen LogP contribution in [0.4, 0.5) is 4.39 Å². The lowest BCUT2D eigenvalue weighted by Crippen LogP contribution is -1.89. The summed E-state index contributed by atoms with van der Waals surface area (Å²) in [7, 11) is 0. The monoisotopic (exact) mass is 310 g/mol. The van der Waals surface area contributed by atoms with E-state index < -0.39 is 0 Å². The highest BCUT2D eigenvalue weighted by Gasteiger charge is 2.11. The van der Waals surface area contributed by atoms with Crippen molar-refractivity contribution in [2.24, 2.45) is 0 Å². The summed E-state index contributed by atoms with van der Waals surface area (Å²) in [5, 5.41) is 2.85. The minimum Gasteiger partial charge on any atom is -0.453 e. The first-order chi connectivity index (χ1) is 10.8. The molecule has 0 radical (unpaired) electrons. The van der Waals surface area contributed by atoms with E-state index in [0.29, 0.717) is 5.75 Å². The van der Waals surface area contributed by atoms with Gasteiger partial charge in [-0.3, -0.25) is 0 Å². The van der Waals surface area contributed by atoms with Crippen molar-refractivity contribution >= 4 is 22.4 Å². The third-order valence-corrected chi connectivity index (χ3v) is 4.24. The lowest BCUT2D eigenvalue weighted by atomic mass is 10.2. The molecule has 0 saturated carbocycles. The van der Waals surface area contributed by atoms with Crippen LogP contribution in [0.3, 0.4) is 0 Å². The van der Waals surface area contributed by atoms with Crippen LogP contribution < -0.4 is 4.74 Å². The number of rotatable bonds is 3. The number of benzene rings is 1. The number of H-pyrrole nitrogens is 1. The number of aromatic amines is 1. The van der Waals surface area contributed by atoms with Gasteiger partial charge in [0, 0.05) is 6.20 Å². The number of thiophene rings is 1. The van der Waals surface area contributed by atoms with Crippen LogP contribution >= 0.6 is 11.3 Å². The number of hydrogen-bond donors (Lipinski definition) is 1. The molecule has 0 spiro atoms. The van der Waals surface area contributed by atoms with Gasteiger partial charge in [-0.1, -0.05) is 18.2 Å². The normalized spacial score (nSPS) is 11.0. The predicted octanol–water partition coefficient (Wildman–Crippen LogP) is 5.22. The van der Waals surface area contributed by atoms with E-state index in [1.165, 1.54) is 6.07 Å². The Bertz CT molecular complexity index is 931. The molecule has 0 aliphatic rings. The predicted molar refractivity (Wildman–Crippen MR) is 85.9 cm³/mol. The van der Waals surface area contributed by atoms with Crippen molar-refractivity contribution in [2.75, 3.05) is 0 Å². The Morgan fingerprint density at radius 1 is 1.05 bits per heavy atom. The summed E-state index contributed by atoms with van der Waals surface area (Å²) in [6.45, 7) is 0. The summed E-state index contributed by atoms with van der Waals surface area (Å²) in [5.41, 5.74) is 1.69. The van der Waals surface area contributed by atoms with E-state index >= 15 is 0 Å². The van der Waals surface area contributed by atoms with E-state index in [4.69, 9.17) is 4.74 Å². The molecule has 0 saturated heterocycles. The van der Waals surface area contributed by atoms with Crippen molar-refractivity contribution in [2.45, 2.75) is 0 Å². The third kappa shape index (κ3) is 2.25. The third-order valence-electron chi connectivity index (χ3n) is 3.34. The molecule has 108 valence electrons. The molecule has 0 bridgehead atoms. The van der Waals surface area contributed by atoms with Gasteiger partial charge < -0.3 is 9.72 Å². The Balaban J connectivity index is 1.80. The van der Waals surface area contributed by atoms with E-state index in [9.17, 15) is 4.39 Å². The minimum atomic E-state index is -0.388. The van der Waals surface area contributed by atoms with Crippen LogP contribution in [0.1, 0.15) is 0 Å². The molecule has 0 atom stereocenters. The second-order valence-electron chi connectivity index (χ2n) is 4.76. The summed E-state index contributed by atoms with van der Waals surface area (Å²) in [4.78, 5) is 8.70. The number of ether oxygens (including phenoxy) is 1. The van der Waals surface area contributed by atoms with E-state index in [-0.39, 0.29) is 11.6 Å². The average molecular weight is 310 g/mol. The van der Waals surface area contributed by atoms with E-state index in [2.05, 4.69) is 9.97 Å². The molecular formula is C17H11FN2OS. The van der Waals surface area contributed by atoms with Crippen LogP contribution in [0.25, 0.3) is 21.6 Å². The number of nitrogens with one attached hydrogen (secondary N) is 1. The summed E-state index contributed by atoms with van der Waals surface area (Å²) in [6.07, 6.45) is 1.65. The molecule has 0 unspecified atom stereocenters. The molecule has 22 heavy (non-hydrogen) atoms. The average Bonchev–Trinajstić information content (AvgIpc) is 3.18.